The zero-order valence-electron chi connectivity index (χ0n) is 14.0. The number of halogens is 4. The molecule has 0 heterocycles. The van der Waals surface area contributed by atoms with Crippen LogP contribution >= 0.6 is 11.6 Å². The smallest absolute Gasteiger partial charge is 0.416 e. The first kappa shape index (κ1) is 21.0. The van der Waals surface area contributed by atoms with Gasteiger partial charge in [0.05, 0.1) is 22.8 Å². The van der Waals surface area contributed by atoms with Crippen LogP contribution in [0, 0.1) is 0 Å². The highest BCUT2D eigenvalue weighted by molar-refractivity contribution is 7.92. The van der Waals surface area contributed by atoms with E-state index in [4.69, 9.17) is 16.3 Å². The second kappa shape index (κ2) is 8.18. The average molecular weight is 422 g/mol. The van der Waals surface area contributed by atoms with E-state index in [1.165, 1.54) is 24.3 Å². The predicted molar refractivity (Wildman–Crippen MR) is 94.3 cm³/mol. The van der Waals surface area contributed by atoms with E-state index >= 15 is 0 Å². The predicted octanol–water partition coefficient (Wildman–Crippen LogP) is 4.73. The van der Waals surface area contributed by atoms with Gasteiger partial charge in [0.25, 0.3) is 10.0 Å². The fraction of sp³-hybridized carbons (Fsp3) is 0.235. The molecule has 0 spiro atoms. The van der Waals surface area contributed by atoms with Crippen LogP contribution in [0.4, 0.5) is 18.9 Å². The number of carbonyl (C=O) groups is 1. The van der Waals surface area contributed by atoms with Crippen molar-refractivity contribution < 1.29 is 31.1 Å². The van der Waals surface area contributed by atoms with Gasteiger partial charge in [-0.2, -0.15) is 13.2 Å². The Kier molecular flexibility index (Phi) is 6.38. The van der Waals surface area contributed by atoms with Crippen molar-refractivity contribution in [1.29, 1.82) is 0 Å². The summed E-state index contributed by atoms with van der Waals surface area (Å²) in [5.41, 5.74) is -0.875. The lowest BCUT2D eigenvalue weighted by atomic mass is 10.2. The van der Waals surface area contributed by atoms with Crippen LogP contribution in [0.1, 0.15) is 29.3 Å². The SMILES string of the molecule is CCCOC(=O)c1ccc(NS(=O)(=O)c2cc(C(F)(F)F)ccc2Cl)cc1. The fourth-order valence-electron chi connectivity index (χ4n) is 2.05. The Balaban J connectivity index is 2.25. The molecule has 2 rings (SSSR count). The molecule has 1 N–H and O–H groups in total. The molecule has 0 amide bonds. The molecule has 0 radical (unpaired) electrons. The van der Waals surface area contributed by atoms with Crippen LogP contribution in [0.3, 0.4) is 0 Å². The molecule has 0 aliphatic carbocycles. The van der Waals surface area contributed by atoms with Crippen molar-refractivity contribution in [3.63, 3.8) is 0 Å². The molecule has 0 bridgehead atoms. The van der Waals surface area contributed by atoms with Crippen LogP contribution in [0.5, 0.6) is 0 Å². The van der Waals surface area contributed by atoms with Gasteiger partial charge < -0.3 is 4.74 Å². The molecule has 2 aromatic carbocycles. The third kappa shape index (κ3) is 5.36. The first-order chi connectivity index (χ1) is 12.5. The number of benzene rings is 2. The molecular formula is C17H15ClF3NO4S. The van der Waals surface area contributed by atoms with Gasteiger partial charge in [-0.1, -0.05) is 18.5 Å². The highest BCUT2D eigenvalue weighted by Gasteiger charge is 2.32. The van der Waals surface area contributed by atoms with Gasteiger partial charge in [0.15, 0.2) is 0 Å². The van der Waals surface area contributed by atoms with Crippen LogP contribution in [-0.4, -0.2) is 21.0 Å². The Hall–Kier alpha value is -2.26. The summed E-state index contributed by atoms with van der Waals surface area (Å²) in [4.78, 5) is 11.0. The van der Waals surface area contributed by atoms with Gasteiger partial charge in [-0.15, -0.1) is 0 Å². The molecule has 5 nitrogen and oxygen atoms in total. The Morgan fingerprint density at radius 2 is 1.78 bits per heavy atom. The van der Waals surface area contributed by atoms with Gasteiger partial charge in [0.1, 0.15) is 4.90 Å². The van der Waals surface area contributed by atoms with Gasteiger partial charge in [0, 0.05) is 5.69 Å². The molecule has 0 fully saturated rings. The van der Waals surface area contributed by atoms with Crippen molar-refractivity contribution in [3.8, 4) is 0 Å². The average Bonchev–Trinajstić information content (AvgIpc) is 2.59. The third-order valence-corrected chi connectivity index (χ3v) is 5.22. The molecule has 0 unspecified atom stereocenters. The molecular weight excluding hydrogens is 407 g/mol. The van der Waals surface area contributed by atoms with Gasteiger partial charge in [-0.3, -0.25) is 4.72 Å². The molecule has 0 atom stereocenters. The molecule has 0 saturated carbocycles. The number of nitrogens with one attached hydrogen (secondary N) is 1. The zero-order chi connectivity index (χ0) is 20.2. The van der Waals surface area contributed by atoms with Crippen LogP contribution in [0.2, 0.25) is 5.02 Å². The Labute approximate surface area is 159 Å². The zero-order valence-corrected chi connectivity index (χ0v) is 15.6. The highest BCUT2D eigenvalue weighted by atomic mass is 35.5. The Morgan fingerprint density at radius 1 is 1.15 bits per heavy atom. The van der Waals surface area contributed by atoms with Crippen molar-refractivity contribution in [2.24, 2.45) is 0 Å². The maximum atomic E-state index is 12.8. The number of hydrogen-bond acceptors (Lipinski definition) is 4. The molecule has 0 saturated heterocycles. The second-order valence-electron chi connectivity index (χ2n) is 5.46. The van der Waals surface area contributed by atoms with E-state index in [9.17, 15) is 26.4 Å². The topological polar surface area (TPSA) is 72.5 Å². The lowest BCUT2D eigenvalue weighted by molar-refractivity contribution is -0.137. The van der Waals surface area contributed by atoms with Crippen LogP contribution in [0.15, 0.2) is 47.4 Å². The maximum absolute atomic E-state index is 12.8. The van der Waals surface area contributed by atoms with Crippen LogP contribution in [0.25, 0.3) is 0 Å². The van der Waals surface area contributed by atoms with Crippen LogP contribution in [-0.2, 0) is 20.9 Å². The minimum atomic E-state index is -4.71. The largest absolute Gasteiger partial charge is 0.462 e. The summed E-state index contributed by atoms with van der Waals surface area (Å²) in [5.74, 6) is -0.563. The number of sulfonamides is 1. The van der Waals surface area contributed by atoms with Crippen molar-refractivity contribution in [2.45, 2.75) is 24.4 Å². The lowest BCUT2D eigenvalue weighted by Gasteiger charge is -2.13. The minimum Gasteiger partial charge on any atom is -0.462 e. The minimum absolute atomic E-state index is 0.0514. The van der Waals surface area contributed by atoms with E-state index in [0.29, 0.717) is 18.6 Å². The summed E-state index contributed by atoms with van der Waals surface area (Å²) in [7, 11) is -4.37. The number of ether oxygens (including phenoxy) is 1. The molecule has 0 aliphatic rings. The summed E-state index contributed by atoms with van der Waals surface area (Å²) in [5, 5.41) is -0.352. The van der Waals surface area contributed by atoms with E-state index in [-0.39, 0.29) is 22.9 Å². The number of anilines is 1. The number of rotatable bonds is 6. The highest BCUT2D eigenvalue weighted by Crippen LogP contribution is 2.34. The number of esters is 1. The second-order valence-corrected chi connectivity index (χ2v) is 7.52. The molecule has 10 heteroatoms. The Bertz CT molecular complexity index is 928. The van der Waals surface area contributed by atoms with Gasteiger partial charge in [0.2, 0.25) is 0 Å². The summed E-state index contributed by atoms with van der Waals surface area (Å²) in [6.07, 6.45) is -4.06. The normalized spacial score (nSPS) is 11.9. The summed E-state index contributed by atoms with van der Waals surface area (Å²) in [6, 6.07) is 7.28. The van der Waals surface area contributed by atoms with E-state index < -0.39 is 32.6 Å². The van der Waals surface area contributed by atoms with E-state index in [2.05, 4.69) is 4.72 Å². The number of hydrogen-bond donors (Lipinski definition) is 1. The Morgan fingerprint density at radius 3 is 2.33 bits per heavy atom. The first-order valence-electron chi connectivity index (χ1n) is 7.71. The van der Waals surface area contributed by atoms with Crippen molar-refractivity contribution in [1.82, 2.24) is 0 Å². The summed E-state index contributed by atoms with van der Waals surface area (Å²) in [6.45, 7) is 2.09. The number of carbonyl (C=O) groups excluding carboxylic acids is 1. The monoisotopic (exact) mass is 421 g/mol. The van der Waals surface area contributed by atoms with Gasteiger partial charge in [-0.05, 0) is 48.9 Å². The van der Waals surface area contributed by atoms with Crippen LogP contribution < -0.4 is 4.72 Å². The maximum Gasteiger partial charge on any atom is 0.416 e. The van der Waals surface area contributed by atoms with Crippen molar-refractivity contribution in [3.05, 3.63) is 58.6 Å². The summed E-state index contributed by atoms with van der Waals surface area (Å²) < 4.78 is 70.4. The van der Waals surface area contributed by atoms with Crippen molar-refractivity contribution in [2.75, 3.05) is 11.3 Å². The molecule has 0 aromatic heterocycles. The third-order valence-electron chi connectivity index (χ3n) is 3.36. The number of alkyl halides is 3. The first-order valence-corrected chi connectivity index (χ1v) is 9.57. The van der Waals surface area contributed by atoms with Crippen molar-refractivity contribution >= 4 is 33.3 Å². The standard InChI is InChI=1S/C17H15ClF3NO4S/c1-2-9-26-16(23)11-3-6-13(7-4-11)22-27(24,25)15-10-12(17(19,20)21)5-8-14(15)18/h3-8,10,22H,2,9H2,1H3. The summed E-state index contributed by atoms with van der Waals surface area (Å²) >= 11 is 5.76. The molecule has 2 aromatic rings. The van der Waals surface area contributed by atoms with E-state index in [1.54, 1.807) is 0 Å². The fourth-order valence-corrected chi connectivity index (χ4v) is 3.63. The molecule has 0 aliphatic heterocycles. The van der Waals surface area contributed by atoms with Gasteiger partial charge in [-0.25, -0.2) is 13.2 Å². The lowest BCUT2D eigenvalue weighted by Crippen LogP contribution is -2.15. The molecule has 27 heavy (non-hydrogen) atoms. The molecule has 146 valence electrons. The van der Waals surface area contributed by atoms with Gasteiger partial charge >= 0.3 is 12.1 Å². The quantitative estimate of drug-likeness (QED) is 0.684. The van der Waals surface area contributed by atoms with E-state index in [0.717, 1.165) is 6.07 Å². The van der Waals surface area contributed by atoms with E-state index in [1.807, 2.05) is 6.92 Å².